The van der Waals surface area contributed by atoms with Crippen LogP contribution in [0.5, 0.6) is 5.75 Å². The van der Waals surface area contributed by atoms with E-state index in [2.05, 4.69) is 13.0 Å². The molecular weight excluding hydrogens is 400 g/mol. The summed E-state index contributed by atoms with van der Waals surface area (Å²) in [6.45, 7) is 2.81. The van der Waals surface area contributed by atoms with Crippen LogP contribution in [0, 0.1) is 5.92 Å². The van der Waals surface area contributed by atoms with Gasteiger partial charge in [0.05, 0.1) is 12.0 Å². The van der Waals surface area contributed by atoms with Crippen LogP contribution in [0.1, 0.15) is 31.7 Å². The van der Waals surface area contributed by atoms with Gasteiger partial charge in [-0.1, -0.05) is 18.2 Å². The van der Waals surface area contributed by atoms with Crippen LogP contribution in [0.15, 0.2) is 53.4 Å². The van der Waals surface area contributed by atoms with Crippen molar-refractivity contribution in [2.24, 2.45) is 5.92 Å². The second-order valence-electron chi connectivity index (χ2n) is 8.08. The van der Waals surface area contributed by atoms with E-state index in [-0.39, 0.29) is 22.8 Å². The number of carbonyl (C=O) groups is 1. The lowest BCUT2D eigenvalue weighted by Gasteiger charge is -2.39. The van der Waals surface area contributed by atoms with Gasteiger partial charge >= 0.3 is 0 Å². The number of nitrogens with zero attached hydrogens (tertiary/aromatic N) is 2. The zero-order valence-electron chi connectivity index (χ0n) is 17.5. The number of fused-ring (bicyclic) bond motifs is 1. The highest BCUT2D eigenvalue weighted by Crippen LogP contribution is 2.34. The fourth-order valence-electron chi connectivity index (χ4n) is 4.46. The number of benzene rings is 2. The molecule has 0 spiro atoms. The first-order chi connectivity index (χ1) is 14.4. The lowest BCUT2D eigenvalue weighted by Crippen LogP contribution is -2.48. The number of hydrogen-bond acceptors (Lipinski definition) is 4. The summed E-state index contributed by atoms with van der Waals surface area (Å²) in [5.74, 6) is 0.589. The summed E-state index contributed by atoms with van der Waals surface area (Å²) in [6, 6.07) is 14.7. The Kier molecular flexibility index (Phi) is 5.84. The Hall–Kier alpha value is -2.38. The molecule has 1 unspecified atom stereocenters. The van der Waals surface area contributed by atoms with E-state index in [0.717, 1.165) is 18.5 Å². The molecule has 7 heteroatoms. The fraction of sp³-hybridized carbons (Fsp3) is 0.435. The maximum Gasteiger partial charge on any atom is 0.243 e. The molecule has 0 bridgehead atoms. The topological polar surface area (TPSA) is 66.9 Å². The molecular formula is C23H28N2O4S. The largest absolute Gasteiger partial charge is 0.497 e. The Morgan fingerprint density at radius 1 is 1.00 bits per heavy atom. The molecule has 1 saturated heterocycles. The summed E-state index contributed by atoms with van der Waals surface area (Å²) in [6.07, 6.45) is 3.02. The van der Waals surface area contributed by atoms with E-state index in [4.69, 9.17) is 4.74 Å². The van der Waals surface area contributed by atoms with Crippen molar-refractivity contribution in [1.82, 2.24) is 4.31 Å². The maximum atomic E-state index is 13.4. The molecule has 30 heavy (non-hydrogen) atoms. The van der Waals surface area contributed by atoms with Gasteiger partial charge < -0.3 is 9.64 Å². The second kappa shape index (κ2) is 8.40. The Labute approximate surface area is 178 Å². The average molecular weight is 429 g/mol. The van der Waals surface area contributed by atoms with Gasteiger partial charge in [-0.25, -0.2) is 8.42 Å². The number of carbonyl (C=O) groups excluding carboxylic acids is 1. The monoisotopic (exact) mass is 428 g/mol. The average Bonchev–Trinajstić information content (AvgIpc) is 2.78. The number of methoxy groups -OCH3 is 1. The molecule has 1 fully saturated rings. The third-order valence-electron chi connectivity index (χ3n) is 6.26. The zero-order valence-corrected chi connectivity index (χ0v) is 18.3. The van der Waals surface area contributed by atoms with Gasteiger partial charge in [-0.2, -0.15) is 4.31 Å². The highest BCUT2D eigenvalue weighted by Gasteiger charge is 2.37. The third kappa shape index (κ3) is 3.84. The number of aryl methyl sites for hydroxylation is 1. The molecule has 160 valence electrons. The van der Waals surface area contributed by atoms with E-state index in [9.17, 15) is 13.2 Å². The van der Waals surface area contributed by atoms with Crippen molar-refractivity contribution in [3.8, 4) is 5.75 Å². The van der Waals surface area contributed by atoms with Crippen molar-refractivity contribution in [2.75, 3.05) is 25.1 Å². The van der Waals surface area contributed by atoms with Crippen molar-refractivity contribution >= 4 is 21.6 Å². The first-order valence-electron chi connectivity index (χ1n) is 10.5. The summed E-state index contributed by atoms with van der Waals surface area (Å²) < 4.78 is 32.5. The van der Waals surface area contributed by atoms with Crippen LogP contribution in [-0.2, 0) is 21.2 Å². The number of piperidine rings is 1. The summed E-state index contributed by atoms with van der Waals surface area (Å²) in [5.41, 5.74) is 2.22. The van der Waals surface area contributed by atoms with Crippen LogP contribution in [0.2, 0.25) is 0 Å². The number of sulfonamides is 1. The molecule has 6 nitrogen and oxygen atoms in total. The minimum atomic E-state index is -3.57. The lowest BCUT2D eigenvalue weighted by atomic mass is 9.91. The molecule has 4 rings (SSSR count). The van der Waals surface area contributed by atoms with E-state index in [1.54, 1.807) is 31.4 Å². The minimum Gasteiger partial charge on any atom is -0.497 e. The minimum absolute atomic E-state index is 0.121. The van der Waals surface area contributed by atoms with Crippen LogP contribution >= 0.6 is 0 Å². The first-order valence-corrected chi connectivity index (χ1v) is 11.9. The van der Waals surface area contributed by atoms with Crippen molar-refractivity contribution in [1.29, 1.82) is 0 Å². The van der Waals surface area contributed by atoms with E-state index < -0.39 is 10.0 Å². The SMILES string of the molecule is COc1ccc(S(=O)(=O)N2CCC(C(=O)N3c4ccccc4CCC3C)CC2)cc1. The predicted octanol–water partition coefficient (Wildman–Crippen LogP) is 3.46. The summed E-state index contributed by atoms with van der Waals surface area (Å²) >= 11 is 0. The normalized spacial score (nSPS) is 20.6. The predicted molar refractivity (Wildman–Crippen MR) is 116 cm³/mol. The van der Waals surface area contributed by atoms with Gasteiger partial charge in [0.2, 0.25) is 15.9 Å². The summed E-state index contributed by atoms with van der Waals surface area (Å²) in [4.78, 5) is 15.6. The maximum absolute atomic E-state index is 13.4. The van der Waals surface area contributed by atoms with E-state index in [1.807, 2.05) is 23.1 Å². The highest BCUT2D eigenvalue weighted by atomic mass is 32.2. The molecule has 2 aromatic rings. The Bertz CT molecular complexity index is 1010. The molecule has 0 N–H and O–H groups in total. The van der Waals surface area contributed by atoms with Crippen LogP contribution in [0.3, 0.4) is 0 Å². The molecule has 2 heterocycles. The second-order valence-corrected chi connectivity index (χ2v) is 10.0. The van der Waals surface area contributed by atoms with Crippen LogP contribution < -0.4 is 9.64 Å². The fourth-order valence-corrected chi connectivity index (χ4v) is 5.93. The number of rotatable bonds is 4. The zero-order chi connectivity index (χ0) is 21.3. The van der Waals surface area contributed by atoms with Crippen molar-refractivity contribution < 1.29 is 17.9 Å². The first kappa shape index (κ1) is 20.9. The standard InChI is InChI=1S/C23H28N2O4S/c1-17-7-8-18-5-3-4-6-22(18)25(17)23(26)19-13-15-24(16-14-19)30(27,28)21-11-9-20(29-2)10-12-21/h3-6,9-12,17,19H,7-8,13-16H2,1-2H3. The smallest absolute Gasteiger partial charge is 0.243 e. The molecule has 0 radical (unpaired) electrons. The summed E-state index contributed by atoms with van der Waals surface area (Å²) in [5, 5.41) is 0. The highest BCUT2D eigenvalue weighted by molar-refractivity contribution is 7.89. The van der Waals surface area contributed by atoms with Gasteiger partial charge in [-0.05, 0) is 68.5 Å². The van der Waals surface area contributed by atoms with E-state index in [1.165, 1.54) is 9.87 Å². The van der Waals surface area contributed by atoms with Gasteiger partial charge in [0.15, 0.2) is 0 Å². The number of anilines is 1. The molecule has 2 aliphatic heterocycles. The van der Waals surface area contributed by atoms with Gasteiger partial charge in [0.1, 0.15) is 5.75 Å². The van der Waals surface area contributed by atoms with Crippen LogP contribution in [0.25, 0.3) is 0 Å². The van der Waals surface area contributed by atoms with Crippen LogP contribution in [-0.4, -0.2) is 44.9 Å². The van der Waals surface area contributed by atoms with Crippen molar-refractivity contribution in [3.05, 3.63) is 54.1 Å². The summed E-state index contributed by atoms with van der Waals surface area (Å²) in [7, 11) is -2.02. The van der Waals surface area contributed by atoms with Gasteiger partial charge in [-0.15, -0.1) is 0 Å². The van der Waals surface area contributed by atoms with Crippen molar-refractivity contribution in [2.45, 2.75) is 43.5 Å². The number of para-hydroxylation sites is 1. The number of ether oxygens (including phenoxy) is 1. The molecule has 0 aliphatic carbocycles. The molecule has 1 atom stereocenters. The van der Waals surface area contributed by atoms with E-state index >= 15 is 0 Å². The molecule has 1 amide bonds. The molecule has 0 saturated carbocycles. The van der Waals surface area contributed by atoms with Crippen LogP contribution in [0.4, 0.5) is 5.69 Å². The Balaban J connectivity index is 1.46. The van der Waals surface area contributed by atoms with Gasteiger partial charge in [0, 0.05) is 30.7 Å². The quantitative estimate of drug-likeness (QED) is 0.748. The van der Waals surface area contributed by atoms with Gasteiger partial charge in [-0.3, -0.25) is 4.79 Å². The van der Waals surface area contributed by atoms with Crippen molar-refractivity contribution in [3.63, 3.8) is 0 Å². The number of hydrogen-bond donors (Lipinski definition) is 0. The molecule has 2 aromatic carbocycles. The molecule has 0 aromatic heterocycles. The van der Waals surface area contributed by atoms with Gasteiger partial charge in [0.25, 0.3) is 0 Å². The third-order valence-corrected chi connectivity index (χ3v) is 8.17. The number of amides is 1. The van der Waals surface area contributed by atoms with E-state index in [0.29, 0.717) is 31.7 Å². The Morgan fingerprint density at radius 3 is 2.33 bits per heavy atom. The molecule has 2 aliphatic rings. The lowest BCUT2D eigenvalue weighted by molar-refractivity contribution is -0.124. The Morgan fingerprint density at radius 2 is 1.67 bits per heavy atom.